The minimum atomic E-state index is -3.82. The van der Waals surface area contributed by atoms with Gasteiger partial charge in [0.1, 0.15) is 0 Å². The van der Waals surface area contributed by atoms with Gasteiger partial charge >= 0.3 is 0 Å². The number of amides is 1. The van der Waals surface area contributed by atoms with Crippen LogP contribution in [-0.4, -0.2) is 39.4 Å². The zero-order valence-corrected chi connectivity index (χ0v) is 18.6. The van der Waals surface area contributed by atoms with Gasteiger partial charge in [0, 0.05) is 30.7 Å². The molecule has 0 N–H and O–H groups in total. The number of benzene rings is 2. The molecule has 1 saturated carbocycles. The summed E-state index contributed by atoms with van der Waals surface area (Å²) >= 11 is 6.00. The van der Waals surface area contributed by atoms with Crippen LogP contribution >= 0.6 is 11.6 Å². The van der Waals surface area contributed by atoms with Crippen LogP contribution in [0.1, 0.15) is 43.0 Å². The fraction of sp³-hybridized carbons (Fsp3) is 0.409. The molecule has 2 aromatic carbocycles. The minimum Gasteiger partial charge on any atom is -0.339 e. The molecule has 29 heavy (non-hydrogen) atoms. The standard InChI is InChI=1S/C22H27ClN2O3S/c1-16-10-12-19(13-11-16)24(2)22(26)17-6-4-9-21(14-17)29(27,28)25(3)20-8-5-7-18(23)15-20/h4-9,14-16,19H,10-13H2,1-3H3. The van der Waals surface area contributed by atoms with Gasteiger partial charge in [0.15, 0.2) is 0 Å². The van der Waals surface area contributed by atoms with Crippen LogP contribution in [0.4, 0.5) is 5.69 Å². The zero-order chi connectivity index (χ0) is 21.2. The maximum absolute atomic E-state index is 13.1. The Morgan fingerprint density at radius 3 is 2.31 bits per heavy atom. The Morgan fingerprint density at radius 1 is 1.00 bits per heavy atom. The van der Waals surface area contributed by atoms with Crippen molar-refractivity contribution in [2.45, 2.75) is 43.5 Å². The first kappa shape index (κ1) is 21.7. The summed E-state index contributed by atoms with van der Waals surface area (Å²) in [6.45, 7) is 2.24. The zero-order valence-electron chi connectivity index (χ0n) is 17.0. The lowest BCUT2D eigenvalue weighted by atomic mass is 9.86. The number of rotatable bonds is 5. The first-order valence-electron chi connectivity index (χ1n) is 9.82. The largest absolute Gasteiger partial charge is 0.339 e. The van der Waals surface area contributed by atoms with Crippen molar-refractivity contribution in [2.75, 3.05) is 18.4 Å². The number of carbonyl (C=O) groups is 1. The van der Waals surface area contributed by atoms with Gasteiger partial charge in [-0.2, -0.15) is 0 Å². The van der Waals surface area contributed by atoms with Gasteiger partial charge < -0.3 is 4.90 Å². The second kappa shape index (κ2) is 8.76. The van der Waals surface area contributed by atoms with E-state index in [2.05, 4.69) is 6.92 Å². The second-order valence-electron chi connectivity index (χ2n) is 7.81. The van der Waals surface area contributed by atoms with Crippen molar-refractivity contribution >= 4 is 33.2 Å². The molecule has 1 aliphatic rings. The molecule has 2 aromatic rings. The first-order chi connectivity index (χ1) is 13.7. The quantitative estimate of drug-likeness (QED) is 0.678. The predicted octanol–water partition coefficient (Wildman–Crippen LogP) is 4.82. The molecule has 5 nitrogen and oxygen atoms in total. The van der Waals surface area contributed by atoms with Crippen molar-refractivity contribution < 1.29 is 13.2 Å². The van der Waals surface area contributed by atoms with Gasteiger partial charge in [-0.05, 0) is 68.0 Å². The predicted molar refractivity (Wildman–Crippen MR) is 117 cm³/mol. The van der Waals surface area contributed by atoms with E-state index >= 15 is 0 Å². The Kier molecular flexibility index (Phi) is 6.54. The van der Waals surface area contributed by atoms with E-state index in [-0.39, 0.29) is 16.8 Å². The maximum Gasteiger partial charge on any atom is 0.264 e. The molecular formula is C22H27ClN2O3S. The average molecular weight is 435 g/mol. The lowest BCUT2D eigenvalue weighted by molar-refractivity contribution is 0.0679. The molecule has 0 spiro atoms. The summed E-state index contributed by atoms with van der Waals surface area (Å²) in [7, 11) is -0.534. The molecular weight excluding hydrogens is 408 g/mol. The number of sulfonamides is 1. The molecule has 3 rings (SSSR count). The molecule has 0 aromatic heterocycles. The van der Waals surface area contributed by atoms with Crippen LogP contribution in [0.15, 0.2) is 53.4 Å². The van der Waals surface area contributed by atoms with E-state index in [1.807, 2.05) is 7.05 Å². The maximum atomic E-state index is 13.1. The van der Waals surface area contributed by atoms with Gasteiger partial charge in [0.2, 0.25) is 0 Å². The summed E-state index contributed by atoms with van der Waals surface area (Å²) in [5.74, 6) is 0.553. The van der Waals surface area contributed by atoms with Crippen LogP contribution in [-0.2, 0) is 10.0 Å². The lowest BCUT2D eigenvalue weighted by Crippen LogP contribution is -2.39. The van der Waals surface area contributed by atoms with E-state index in [1.54, 1.807) is 41.3 Å². The summed E-state index contributed by atoms with van der Waals surface area (Å²) in [4.78, 5) is 14.8. The number of hydrogen-bond donors (Lipinski definition) is 0. The normalized spacial score (nSPS) is 19.6. The first-order valence-corrected chi connectivity index (χ1v) is 11.6. The Morgan fingerprint density at radius 2 is 1.66 bits per heavy atom. The molecule has 0 heterocycles. The van der Waals surface area contributed by atoms with Crippen molar-refractivity contribution in [3.63, 3.8) is 0 Å². The van der Waals surface area contributed by atoms with Gasteiger partial charge in [-0.3, -0.25) is 9.10 Å². The Bertz CT molecular complexity index is 985. The van der Waals surface area contributed by atoms with E-state index in [9.17, 15) is 13.2 Å². The van der Waals surface area contributed by atoms with E-state index in [0.717, 1.165) is 25.7 Å². The van der Waals surface area contributed by atoms with Crippen LogP contribution in [0, 0.1) is 5.92 Å². The molecule has 0 unspecified atom stereocenters. The molecule has 0 bridgehead atoms. The third-order valence-corrected chi connectivity index (χ3v) is 7.78. The SMILES string of the molecule is CC1CCC(N(C)C(=O)c2cccc(S(=O)(=O)N(C)c3cccc(Cl)c3)c2)CC1. The Balaban J connectivity index is 1.83. The van der Waals surface area contributed by atoms with Crippen LogP contribution in [0.3, 0.4) is 0 Å². The fourth-order valence-electron chi connectivity index (χ4n) is 3.76. The third-order valence-electron chi connectivity index (χ3n) is 5.76. The lowest BCUT2D eigenvalue weighted by Gasteiger charge is -2.33. The van der Waals surface area contributed by atoms with Crippen molar-refractivity contribution in [3.05, 3.63) is 59.1 Å². The van der Waals surface area contributed by atoms with E-state index in [4.69, 9.17) is 11.6 Å². The van der Waals surface area contributed by atoms with E-state index < -0.39 is 10.0 Å². The summed E-state index contributed by atoms with van der Waals surface area (Å²) < 4.78 is 27.3. The van der Waals surface area contributed by atoms with Crippen molar-refractivity contribution in [1.29, 1.82) is 0 Å². The van der Waals surface area contributed by atoms with Gasteiger partial charge in [0.25, 0.3) is 15.9 Å². The van der Waals surface area contributed by atoms with Crippen molar-refractivity contribution in [2.24, 2.45) is 5.92 Å². The topological polar surface area (TPSA) is 57.7 Å². The molecule has 0 atom stereocenters. The van der Waals surface area contributed by atoms with E-state index in [0.29, 0.717) is 22.2 Å². The Hall–Kier alpha value is -2.05. The molecule has 0 saturated heterocycles. The van der Waals surface area contributed by atoms with Gasteiger partial charge in [-0.25, -0.2) is 8.42 Å². The number of hydrogen-bond acceptors (Lipinski definition) is 3. The highest BCUT2D eigenvalue weighted by atomic mass is 35.5. The van der Waals surface area contributed by atoms with Crippen LogP contribution < -0.4 is 4.31 Å². The fourth-order valence-corrected chi connectivity index (χ4v) is 5.18. The third kappa shape index (κ3) is 4.75. The van der Waals surface area contributed by atoms with Gasteiger partial charge in [-0.15, -0.1) is 0 Å². The van der Waals surface area contributed by atoms with Crippen molar-refractivity contribution in [1.82, 2.24) is 4.90 Å². The molecule has 1 fully saturated rings. The molecule has 0 radical (unpaired) electrons. The molecule has 1 aliphatic carbocycles. The summed E-state index contributed by atoms with van der Waals surface area (Å²) in [5.41, 5.74) is 0.842. The smallest absolute Gasteiger partial charge is 0.264 e. The molecule has 1 amide bonds. The highest BCUT2D eigenvalue weighted by molar-refractivity contribution is 7.92. The number of halogens is 1. The summed E-state index contributed by atoms with van der Waals surface area (Å²) in [5, 5.41) is 0.455. The van der Waals surface area contributed by atoms with Gasteiger partial charge in [-0.1, -0.05) is 30.7 Å². The van der Waals surface area contributed by atoms with Crippen LogP contribution in [0.5, 0.6) is 0 Å². The molecule has 156 valence electrons. The monoisotopic (exact) mass is 434 g/mol. The minimum absolute atomic E-state index is 0.0801. The molecule has 0 aliphatic heterocycles. The van der Waals surface area contributed by atoms with Crippen LogP contribution in [0.25, 0.3) is 0 Å². The number of carbonyl (C=O) groups excluding carboxylic acids is 1. The van der Waals surface area contributed by atoms with Crippen LogP contribution in [0.2, 0.25) is 5.02 Å². The van der Waals surface area contributed by atoms with E-state index in [1.165, 1.54) is 23.5 Å². The molecule has 7 heteroatoms. The summed E-state index contributed by atoms with van der Waals surface area (Å²) in [6.07, 6.45) is 4.19. The van der Waals surface area contributed by atoms with Gasteiger partial charge in [0.05, 0.1) is 10.6 Å². The summed E-state index contributed by atoms with van der Waals surface area (Å²) in [6, 6.07) is 13.1. The average Bonchev–Trinajstić information content (AvgIpc) is 2.72. The number of anilines is 1. The Labute approximate surface area is 178 Å². The number of nitrogens with zero attached hydrogens (tertiary/aromatic N) is 2. The highest BCUT2D eigenvalue weighted by Crippen LogP contribution is 2.28. The van der Waals surface area contributed by atoms with Crippen molar-refractivity contribution in [3.8, 4) is 0 Å². The highest BCUT2D eigenvalue weighted by Gasteiger charge is 2.27. The second-order valence-corrected chi connectivity index (χ2v) is 10.2.